The average Bonchev–Trinajstić information content (AvgIpc) is 2.99. The summed E-state index contributed by atoms with van der Waals surface area (Å²) < 4.78 is 15.3. The smallest absolute Gasteiger partial charge is 0.445 e. The van der Waals surface area contributed by atoms with Crippen molar-refractivity contribution >= 4 is 35.4 Å². The highest BCUT2D eigenvalue weighted by molar-refractivity contribution is 6.30. The first kappa shape index (κ1) is 23.1. The van der Waals surface area contributed by atoms with E-state index in [4.69, 9.17) is 25.8 Å². The van der Waals surface area contributed by atoms with Gasteiger partial charge in [-0.05, 0) is 52.0 Å². The van der Waals surface area contributed by atoms with E-state index in [1.807, 2.05) is 0 Å². The molecule has 2 amide bonds. The molecule has 0 fully saturated rings. The normalized spacial score (nSPS) is 13.2. The maximum Gasteiger partial charge on any atom is 0.513 e. The number of hydrogen-bond donors (Lipinski definition) is 2. The van der Waals surface area contributed by atoms with Gasteiger partial charge in [0.1, 0.15) is 11.3 Å². The summed E-state index contributed by atoms with van der Waals surface area (Å²) in [7, 11) is 0. The Morgan fingerprint density at radius 3 is 2.30 bits per heavy atom. The second kappa shape index (κ2) is 10.0. The van der Waals surface area contributed by atoms with E-state index in [1.54, 1.807) is 52.0 Å². The molecule has 0 unspecified atom stereocenters. The molecule has 9 nitrogen and oxygen atoms in total. The molecule has 0 saturated carbocycles. The minimum Gasteiger partial charge on any atom is -0.445 e. The Hall–Kier alpha value is -3.20. The molecule has 0 radical (unpaired) electrons. The third-order valence-corrected chi connectivity index (χ3v) is 3.87. The van der Waals surface area contributed by atoms with Gasteiger partial charge in [-0.2, -0.15) is 5.01 Å². The fraction of sp³-hybridized carbons (Fsp3) is 0.350. The van der Waals surface area contributed by atoms with Crippen molar-refractivity contribution in [2.24, 2.45) is 0 Å². The highest BCUT2D eigenvalue weighted by Crippen LogP contribution is 2.25. The van der Waals surface area contributed by atoms with Crippen LogP contribution in [-0.2, 0) is 19.0 Å². The Balaban J connectivity index is 2.34. The quantitative estimate of drug-likeness (QED) is 0.491. The number of carbonyl (C=O) groups excluding carboxylic acids is 3. The molecule has 10 heteroatoms. The zero-order valence-corrected chi connectivity index (χ0v) is 17.9. The van der Waals surface area contributed by atoms with Crippen LogP contribution in [0.25, 0.3) is 0 Å². The first-order chi connectivity index (χ1) is 14.1. The lowest BCUT2D eigenvalue weighted by Gasteiger charge is -2.26. The molecule has 2 rings (SSSR count). The van der Waals surface area contributed by atoms with Crippen LogP contribution in [0.15, 0.2) is 47.9 Å². The molecule has 2 N–H and O–H groups in total. The number of amides is 2. The monoisotopic (exact) mass is 437 g/mol. The van der Waals surface area contributed by atoms with Gasteiger partial charge in [-0.15, -0.1) is 0 Å². The zero-order chi connectivity index (χ0) is 22.4. The van der Waals surface area contributed by atoms with Crippen molar-refractivity contribution in [3.8, 4) is 0 Å². The third-order valence-electron chi connectivity index (χ3n) is 3.62. The van der Waals surface area contributed by atoms with Crippen LogP contribution in [0.3, 0.4) is 0 Å². The summed E-state index contributed by atoms with van der Waals surface area (Å²) in [5.74, 6) is -0.580. The molecule has 1 aliphatic heterocycles. The van der Waals surface area contributed by atoms with E-state index in [0.717, 1.165) is 5.01 Å². The molecule has 0 aliphatic carbocycles. The summed E-state index contributed by atoms with van der Waals surface area (Å²) in [6.45, 7) is 10.5. The van der Waals surface area contributed by atoms with Gasteiger partial charge in [0.2, 0.25) is 0 Å². The van der Waals surface area contributed by atoms with Crippen molar-refractivity contribution in [2.75, 3.05) is 12.0 Å². The first-order valence-corrected chi connectivity index (χ1v) is 9.58. The molecule has 30 heavy (non-hydrogen) atoms. The van der Waals surface area contributed by atoms with E-state index in [2.05, 4.69) is 17.3 Å². The van der Waals surface area contributed by atoms with Crippen molar-refractivity contribution in [2.45, 2.75) is 39.9 Å². The summed E-state index contributed by atoms with van der Waals surface area (Å²) in [6.07, 6.45) is -2.60. The largest absolute Gasteiger partial charge is 0.513 e. The molecule has 0 saturated heterocycles. The molecule has 1 aliphatic rings. The number of benzene rings is 1. The number of halogens is 1. The Bertz CT molecular complexity index is 864. The summed E-state index contributed by atoms with van der Waals surface area (Å²) in [6, 6.07) is 6.50. The molecule has 0 aromatic heterocycles. The number of ether oxygens (including phenoxy) is 3. The number of rotatable bonds is 7. The topological polar surface area (TPSA) is 106 Å². The van der Waals surface area contributed by atoms with Gasteiger partial charge in [-0.1, -0.05) is 18.2 Å². The van der Waals surface area contributed by atoms with Crippen LogP contribution in [0, 0.1) is 0 Å². The van der Waals surface area contributed by atoms with Crippen molar-refractivity contribution < 1.29 is 28.6 Å². The first-order valence-electron chi connectivity index (χ1n) is 9.20. The third kappa shape index (κ3) is 6.15. The van der Waals surface area contributed by atoms with E-state index >= 15 is 0 Å². The van der Waals surface area contributed by atoms with Crippen molar-refractivity contribution in [1.29, 1.82) is 0 Å². The van der Waals surface area contributed by atoms with Gasteiger partial charge in [-0.25, -0.2) is 9.59 Å². The van der Waals surface area contributed by atoms with E-state index in [1.165, 1.54) is 0 Å². The Labute approximate surface area is 179 Å². The van der Waals surface area contributed by atoms with Gasteiger partial charge < -0.3 is 19.5 Å². The molecule has 0 spiro atoms. The SMILES string of the molecule is C=C(C1=C(OC(=O)OC(C)C)CNC1=O)N(Nc1ccc(Cl)cc1)C(=O)OC(C)C. The number of hydrazine groups is 1. The molecule has 0 atom stereocenters. The van der Waals surface area contributed by atoms with Gasteiger partial charge in [0.25, 0.3) is 5.91 Å². The second-order valence-electron chi connectivity index (χ2n) is 6.83. The minimum absolute atomic E-state index is 0.0177. The van der Waals surface area contributed by atoms with Gasteiger partial charge in [0.15, 0.2) is 0 Å². The second-order valence-corrected chi connectivity index (χ2v) is 7.27. The molecule has 162 valence electrons. The fourth-order valence-corrected chi connectivity index (χ4v) is 2.53. The van der Waals surface area contributed by atoms with Gasteiger partial charge >= 0.3 is 12.2 Å². The van der Waals surface area contributed by atoms with Crippen molar-refractivity contribution in [3.63, 3.8) is 0 Å². The molecular weight excluding hydrogens is 414 g/mol. The zero-order valence-electron chi connectivity index (χ0n) is 17.2. The fourth-order valence-electron chi connectivity index (χ4n) is 2.40. The predicted molar refractivity (Wildman–Crippen MR) is 110 cm³/mol. The van der Waals surface area contributed by atoms with Gasteiger partial charge in [0, 0.05) is 5.02 Å². The molecule has 1 aromatic rings. The highest BCUT2D eigenvalue weighted by atomic mass is 35.5. The molecular formula is C20H24ClN3O6. The molecule has 1 aromatic carbocycles. The van der Waals surface area contributed by atoms with E-state index in [0.29, 0.717) is 10.7 Å². The maximum absolute atomic E-state index is 12.7. The van der Waals surface area contributed by atoms with Crippen LogP contribution in [-0.4, -0.2) is 41.9 Å². The average molecular weight is 438 g/mol. The minimum atomic E-state index is -0.969. The van der Waals surface area contributed by atoms with E-state index < -0.39 is 30.4 Å². The Morgan fingerprint density at radius 2 is 1.73 bits per heavy atom. The van der Waals surface area contributed by atoms with Crippen LogP contribution < -0.4 is 10.7 Å². The van der Waals surface area contributed by atoms with Gasteiger partial charge in [-0.3, -0.25) is 10.2 Å². The number of hydrogen-bond acceptors (Lipinski definition) is 7. The summed E-state index contributed by atoms with van der Waals surface area (Å²) in [4.78, 5) is 36.9. The predicted octanol–water partition coefficient (Wildman–Crippen LogP) is 3.97. The van der Waals surface area contributed by atoms with Crippen LogP contribution in [0.1, 0.15) is 27.7 Å². The lowest BCUT2D eigenvalue weighted by atomic mass is 10.2. The highest BCUT2D eigenvalue weighted by Gasteiger charge is 2.34. The van der Waals surface area contributed by atoms with E-state index in [9.17, 15) is 14.4 Å². The van der Waals surface area contributed by atoms with Crippen molar-refractivity contribution in [1.82, 2.24) is 10.3 Å². The van der Waals surface area contributed by atoms with Crippen LogP contribution in [0.4, 0.5) is 15.3 Å². The molecule has 0 bridgehead atoms. The van der Waals surface area contributed by atoms with Crippen molar-refractivity contribution in [3.05, 3.63) is 52.9 Å². The number of anilines is 1. The maximum atomic E-state index is 12.7. The lowest BCUT2D eigenvalue weighted by Crippen LogP contribution is -2.38. The summed E-state index contributed by atoms with van der Waals surface area (Å²) in [5.41, 5.74) is 3.16. The number of nitrogens with zero attached hydrogens (tertiary/aromatic N) is 1. The number of nitrogens with one attached hydrogen (secondary N) is 2. The standard InChI is InChI=1S/C20H24ClN3O6/c1-11(2)28-19(26)24(23-15-8-6-14(21)7-9-15)13(5)17-16(10-22-18(17)25)30-20(27)29-12(3)4/h6-9,11-12,23H,5,10H2,1-4H3,(H,22,25). The summed E-state index contributed by atoms with van der Waals surface area (Å²) >= 11 is 5.90. The number of carbonyl (C=O) groups is 3. The Kier molecular flexibility index (Phi) is 7.71. The van der Waals surface area contributed by atoms with Crippen LogP contribution >= 0.6 is 11.6 Å². The van der Waals surface area contributed by atoms with Gasteiger partial charge in [0.05, 0.1) is 30.1 Å². The summed E-state index contributed by atoms with van der Waals surface area (Å²) in [5, 5.41) is 4.00. The Morgan fingerprint density at radius 1 is 1.13 bits per heavy atom. The van der Waals surface area contributed by atoms with Crippen LogP contribution in [0.2, 0.25) is 5.02 Å². The lowest BCUT2D eigenvalue weighted by molar-refractivity contribution is -0.116. The molecule has 1 heterocycles. The van der Waals surface area contributed by atoms with E-state index in [-0.39, 0.29) is 23.6 Å². The van der Waals surface area contributed by atoms with Crippen LogP contribution in [0.5, 0.6) is 0 Å².